The van der Waals surface area contributed by atoms with Crippen LogP contribution in [0.5, 0.6) is 0 Å². The van der Waals surface area contributed by atoms with Gasteiger partial charge in [0.2, 0.25) is 10.0 Å². The van der Waals surface area contributed by atoms with E-state index in [-0.39, 0.29) is 11.3 Å². The summed E-state index contributed by atoms with van der Waals surface area (Å²) < 4.78 is 27.8. The molecule has 0 aliphatic carbocycles. The van der Waals surface area contributed by atoms with Crippen LogP contribution in [0.25, 0.3) is 10.9 Å². The van der Waals surface area contributed by atoms with Gasteiger partial charge in [0.1, 0.15) is 0 Å². The topological polar surface area (TPSA) is 81.1 Å². The molecule has 9 heteroatoms. The van der Waals surface area contributed by atoms with E-state index < -0.39 is 10.0 Å². The SMILES string of the molecule is CNS(=O)(=O)CCCSc1nc2ccc(Br)cc2c(=O)n1CC(C)C. The lowest BCUT2D eigenvalue weighted by molar-refractivity contribution is 0.475. The Labute approximate surface area is 160 Å². The lowest BCUT2D eigenvalue weighted by Gasteiger charge is -2.15. The van der Waals surface area contributed by atoms with E-state index in [1.54, 1.807) is 10.6 Å². The Balaban J connectivity index is 2.30. The highest BCUT2D eigenvalue weighted by Crippen LogP contribution is 2.22. The van der Waals surface area contributed by atoms with Crippen LogP contribution in [0.15, 0.2) is 32.6 Å². The second kappa shape index (κ2) is 8.66. The van der Waals surface area contributed by atoms with Crippen LogP contribution in [0.2, 0.25) is 0 Å². The Morgan fingerprint density at radius 1 is 1.36 bits per heavy atom. The average molecular weight is 448 g/mol. The molecule has 0 bridgehead atoms. The number of rotatable bonds is 8. The first kappa shape index (κ1) is 20.4. The third kappa shape index (κ3) is 5.54. The normalized spacial score (nSPS) is 12.2. The maximum absolute atomic E-state index is 12.9. The molecule has 0 unspecified atom stereocenters. The molecule has 1 heterocycles. The Morgan fingerprint density at radius 2 is 2.08 bits per heavy atom. The van der Waals surface area contributed by atoms with Gasteiger partial charge in [-0.25, -0.2) is 18.1 Å². The first-order valence-electron chi connectivity index (χ1n) is 7.97. The number of sulfonamides is 1. The van der Waals surface area contributed by atoms with Crippen molar-refractivity contribution in [2.45, 2.75) is 32.0 Å². The van der Waals surface area contributed by atoms with Crippen molar-refractivity contribution in [3.63, 3.8) is 0 Å². The van der Waals surface area contributed by atoms with Crippen LogP contribution < -0.4 is 10.3 Å². The molecule has 0 amide bonds. The molecule has 0 spiro atoms. The number of nitrogens with one attached hydrogen (secondary N) is 1. The van der Waals surface area contributed by atoms with Crippen LogP contribution in [-0.4, -0.2) is 36.5 Å². The molecule has 25 heavy (non-hydrogen) atoms. The molecule has 0 radical (unpaired) electrons. The van der Waals surface area contributed by atoms with Crippen LogP contribution in [0, 0.1) is 5.92 Å². The van der Waals surface area contributed by atoms with E-state index in [4.69, 9.17) is 0 Å². The molecule has 1 N–H and O–H groups in total. The van der Waals surface area contributed by atoms with E-state index in [9.17, 15) is 13.2 Å². The van der Waals surface area contributed by atoms with Crippen molar-refractivity contribution in [2.24, 2.45) is 5.92 Å². The smallest absolute Gasteiger partial charge is 0.262 e. The van der Waals surface area contributed by atoms with Crippen molar-refractivity contribution < 1.29 is 8.42 Å². The minimum absolute atomic E-state index is 0.0610. The largest absolute Gasteiger partial charge is 0.287 e. The van der Waals surface area contributed by atoms with E-state index in [2.05, 4.69) is 25.6 Å². The molecule has 0 aliphatic heterocycles. The summed E-state index contributed by atoms with van der Waals surface area (Å²) in [5.74, 6) is 0.937. The lowest BCUT2D eigenvalue weighted by atomic mass is 10.2. The summed E-state index contributed by atoms with van der Waals surface area (Å²) in [6, 6.07) is 5.46. The summed E-state index contributed by atoms with van der Waals surface area (Å²) in [5, 5.41) is 1.22. The lowest BCUT2D eigenvalue weighted by Crippen LogP contribution is -2.26. The number of nitrogens with zero attached hydrogens (tertiary/aromatic N) is 2. The van der Waals surface area contributed by atoms with Crippen molar-refractivity contribution in [3.8, 4) is 0 Å². The predicted octanol–water partition coefficient (Wildman–Crippen LogP) is 2.85. The number of aromatic nitrogens is 2. The molecular formula is C16H22BrN3O3S2. The van der Waals surface area contributed by atoms with Crippen molar-refractivity contribution in [1.82, 2.24) is 14.3 Å². The quantitative estimate of drug-likeness (QED) is 0.382. The highest BCUT2D eigenvalue weighted by molar-refractivity contribution is 9.10. The van der Waals surface area contributed by atoms with Gasteiger partial charge in [-0.3, -0.25) is 9.36 Å². The van der Waals surface area contributed by atoms with Gasteiger partial charge in [-0.1, -0.05) is 41.5 Å². The van der Waals surface area contributed by atoms with Gasteiger partial charge in [-0.15, -0.1) is 0 Å². The minimum atomic E-state index is -3.21. The fourth-order valence-corrected chi connectivity index (χ4v) is 4.54. The third-order valence-corrected chi connectivity index (χ3v) is 6.53. The summed E-state index contributed by atoms with van der Waals surface area (Å²) in [6.07, 6.45) is 0.490. The van der Waals surface area contributed by atoms with Gasteiger partial charge in [0.25, 0.3) is 5.56 Å². The zero-order chi connectivity index (χ0) is 18.6. The molecule has 1 aromatic heterocycles. The number of hydrogen-bond donors (Lipinski definition) is 1. The molecule has 6 nitrogen and oxygen atoms in total. The van der Waals surface area contributed by atoms with Gasteiger partial charge in [0.15, 0.2) is 5.16 Å². The molecule has 0 saturated heterocycles. The molecular weight excluding hydrogens is 426 g/mol. The molecule has 0 fully saturated rings. The van der Waals surface area contributed by atoms with Crippen molar-refractivity contribution in [1.29, 1.82) is 0 Å². The van der Waals surface area contributed by atoms with Gasteiger partial charge in [-0.05, 0) is 37.6 Å². The molecule has 138 valence electrons. The summed E-state index contributed by atoms with van der Waals surface area (Å²) in [5.41, 5.74) is 0.587. The van der Waals surface area contributed by atoms with Crippen LogP contribution in [0.1, 0.15) is 20.3 Å². The molecule has 2 rings (SSSR count). The summed E-state index contributed by atoms with van der Waals surface area (Å²) in [4.78, 5) is 17.5. The second-order valence-electron chi connectivity index (χ2n) is 6.09. The van der Waals surface area contributed by atoms with E-state index in [1.165, 1.54) is 18.8 Å². The van der Waals surface area contributed by atoms with Gasteiger partial charge in [0.05, 0.1) is 16.7 Å². The molecule has 2 aromatic rings. The van der Waals surface area contributed by atoms with Gasteiger partial charge in [0, 0.05) is 16.8 Å². The zero-order valence-electron chi connectivity index (χ0n) is 14.5. The summed E-state index contributed by atoms with van der Waals surface area (Å²) in [6.45, 7) is 4.67. The van der Waals surface area contributed by atoms with Crippen molar-refractivity contribution >= 4 is 48.6 Å². The highest BCUT2D eigenvalue weighted by Gasteiger charge is 2.14. The minimum Gasteiger partial charge on any atom is -0.287 e. The monoisotopic (exact) mass is 447 g/mol. The van der Waals surface area contributed by atoms with Crippen LogP contribution >= 0.6 is 27.7 Å². The van der Waals surface area contributed by atoms with Gasteiger partial charge in [-0.2, -0.15) is 0 Å². The summed E-state index contributed by atoms with van der Waals surface area (Å²) in [7, 11) is -1.80. The van der Waals surface area contributed by atoms with Crippen molar-refractivity contribution in [3.05, 3.63) is 33.0 Å². The van der Waals surface area contributed by atoms with E-state index in [0.717, 1.165) is 4.47 Å². The fourth-order valence-electron chi connectivity index (χ4n) is 2.32. The van der Waals surface area contributed by atoms with E-state index in [0.29, 0.717) is 40.7 Å². The van der Waals surface area contributed by atoms with E-state index >= 15 is 0 Å². The maximum atomic E-state index is 12.9. The predicted molar refractivity (Wildman–Crippen MR) is 107 cm³/mol. The van der Waals surface area contributed by atoms with Crippen LogP contribution in [0.3, 0.4) is 0 Å². The Kier molecular flexibility index (Phi) is 7.07. The third-order valence-electron chi connectivity index (χ3n) is 3.53. The van der Waals surface area contributed by atoms with Crippen LogP contribution in [0.4, 0.5) is 0 Å². The van der Waals surface area contributed by atoms with Gasteiger partial charge < -0.3 is 0 Å². The Hall–Kier alpha value is -0.900. The zero-order valence-corrected chi connectivity index (χ0v) is 17.7. The standard InChI is InChI=1S/C16H22BrN3O3S2/c1-11(2)10-20-15(21)13-9-12(17)5-6-14(13)19-16(20)24-7-4-8-25(22,23)18-3/h5-6,9,11,18H,4,7-8,10H2,1-3H3. The Bertz CT molecular complexity index is 911. The molecule has 1 aromatic carbocycles. The molecule has 0 atom stereocenters. The number of fused-ring (bicyclic) bond motifs is 1. The number of benzene rings is 1. The maximum Gasteiger partial charge on any atom is 0.262 e. The number of thioether (sulfide) groups is 1. The fraction of sp³-hybridized carbons (Fsp3) is 0.500. The molecule has 0 saturated carbocycles. The first-order chi connectivity index (χ1) is 11.7. The first-order valence-corrected chi connectivity index (χ1v) is 11.4. The Morgan fingerprint density at radius 3 is 2.72 bits per heavy atom. The highest BCUT2D eigenvalue weighted by atomic mass is 79.9. The van der Waals surface area contributed by atoms with E-state index in [1.807, 2.05) is 26.0 Å². The number of halogens is 1. The van der Waals surface area contributed by atoms with Crippen molar-refractivity contribution in [2.75, 3.05) is 18.6 Å². The average Bonchev–Trinajstić information content (AvgIpc) is 2.55. The number of hydrogen-bond acceptors (Lipinski definition) is 5. The molecule has 0 aliphatic rings. The second-order valence-corrected chi connectivity index (χ2v) is 10.1. The van der Waals surface area contributed by atoms with Gasteiger partial charge >= 0.3 is 0 Å². The summed E-state index contributed by atoms with van der Waals surface area (Å²) >= 11 is 4.81. The van der Waals surface area contributed by atoms with Crippen LogP contribution in [-0.2, 0) is 16.6 Å².